The van der Waals surface area contributed by atoms with E-state index in [1.165, 1.54) is 0 Å². The Labute approximate surface area is 239 Å². The predicted octanol–water partition coefficient (Wildman–Crippen LogP) is 4.96. The summed E-state index contributed by atoms with van der Waals surface area (Å²) in [7, 11) is 1.60. The lowest BCUT2D eigenvalue weighted by Crippen LogP contribution is -2.48. The van der Waals surface area contributed by atoms with Crippen LogP contribution in [0.1, 0.15) is 27.0 Å². The highest BCUT2D eigenvalue weighted by molar-refractivity contribution is 6.30. The Kier molecular flexibility index (Phi) is 7.18. The molecule has 1 saturated heterocycles. The lowest BCUT2D eigenvalue weighted by Gasteiger charge is -2.35. The number of nitrogens with one attached hydrogen (secondary N) is 3. The van der Waals surface area contributed by atoms with Crippen molar-refractivity contribution in [2.24, 2.45) is 0 Å². The van der Waals surface area contributed by atoms with Crippen molar-refractivity contribution in [1.82, 2.24) is 14.8 Å². The Hall–Kier alpha value is -5.02. The van der Waals surface area contributed by atoms with Gasteiger partial charge in [-0.25, -0.2) is 4.98 Å². The van der Waals surface area contributed by atoms with E-state index < -0.39 is 0 Å². The Morgan fingerprint density at radius 2 is 1.71 bits per heavy atom. The van der Waals surface area contributed by atoms with Gasteiger partial charge in [0.1, 0.15) is 17.4 Å². The maximum Gasteiger partial charge on any atom is 0.254 e. The summed E-state index contributed by atoms with van der Waals surface area (Å²) in [5.74, 6) is 1.74. The van der Waals surface area contributed by atoms with Crippen molar-refractivity contribution < 1.29 is 9.53 Å². The van der Waals surface area contributed by atoms with Crippen LogP contribution >= 0.6 is 0 Å². The lowest BCUT2D eigenvalue weighted by atomic mass is 10.1. The fraction of sp³-hybridized carbons (Fsp3) is 0.188. The first kappa shape index (κ1) is 26.2. The van der Waals surface area contributed by atoms with E-state index in [-0.39, 0.29) is 17.6 Å². The SMILES string of the molecule is COc1cccc(C(=O)N2CCN(Cc3ccc(C(=N)N4C(=N)c5ccccc5Nc5ncccc54)cc3)CC2)c1. The summed E-state index contributed by atoms with van der Waals surface area (Å²) in [5, 5.41) is 21.4. The molecule has 206 valence electrons. The molecular formula is C32H31N7O2. The lowest BCUT2D eigenvalue weighted by molar-refractivity contribution is 0.0628. The molecular weight excluding hydrogens is 514 g/mol. The van der Waals surface area contributed by atoms with Gasteiger partial charge in [-0.1, -0.05) is 42.5 Å². The van der Waals surface area contributed by atoms with Crippen LogP contribution in [0, 0.1) is 10.8 Å². The number of pyridine rings is 1. The van der Waals surface area contributed by atoms with Crippen molar-refractivity contribution in [1.29, 1.82) is 10.8 Å². The van der Waals surface area contributed by atoms with Crippen LogP contribution in [0.25, 0.3) is 0 Å². The number of hydrogen-bond acceptors (Lipinski definition) is 7. The van der Waals surface area contributed by atoms with Gasteiger partial charge in [0.25, 0.3) is 5.91 Å². The van der Waals surface area contributed by atoms with Crippen LogP contribution in [0.5, 0.6) is 5.75 Å². The summed E-state index contributed by atoms with van der Waals surface area (Å²) >= 11 is 0. The largest absolute Gasteiger partial charge is 0.497 e. The van der Waals surface area contributed by atoms with Gasteiger partial charge < -0.3 is 15.0 Å². The fourth-order valence-corrected chi connectivity index (χ4v) is 5.28. The Balaban J connectivity index is 1.12. The number of rotatable bonds is 5. The quantitative estimate of drug-likeness (QED) is 0.242. The van der Waals surface area contributed by atoms with Crippen molar-refractivity contribution in [3.63, 3.8) is 0 Å². The zero-order valence-corrected chi connectivity index (χ0v) is 22.8. The third-order valence-electron chi connectivity index (χ3n) is 7.52. The topological polar surface area (TPSA) is 109 Å². The molecule has 0 saturated carbocycles. The van der Waals surface area contributed by atoms with Gasteiger partial charge in [-0.05, 0) is 48.0 Å². The minimum Gasteiger partial charge on any atom is -0.497 e. The van der Waals surface area contributed by atoms with Gasteiger partial charge in [0, 0.05) is 55.6 Å². The van der Waals surface area contributed by atoms with E-state index >= 15 is 0 Å². The van der Waals surface area contributed by atoms with Crippen molar-refractivity contribution in [3.05, 3.63) is 113 Å². The van der Waals surface area contributed by atoms with E-state index in [1.807, 2.05) is 83.8 Å². The van der Waals surface area contributed by atoms with Gasteiger partial charge in [0.15, 0.2) is 5.82 Å². The number of carbonyl (C=O) groups excluding carboxylic acids is 1. The van der Waals surface area contributed by atoms with Gasteiger partial charge in [0.2, 0.25) is 0 Å². The standard InChI is InChI=1S/C32H31N7O2/c1-41-25-7-4-6-24(20-25)32(40)38-18-16-37(17-19-38)21-22-11-13-23(14-12-22)29(33)39-28-10-5-15-35-31(28)36-27-9-3-2-8-26(27)30(39)34/h2-15,20,33-34H,16-19,21H2,1H3,(H,35,36). The van der Waals surface area contributed by atoms with E-state index in [0.29, 0.717) is 47.0 Å². The number of methoxy groups -OCH3 is 1. The molecule has 0 spiro atoms. The Bertz CT molecular complexity index is 1610. The molecule has 9 heteroatoms. The van der Waals surface area contributed by atoms with E-state index in [4.69, 9.17) is 15.6 Å². The van der Waals surface area contributed by atoms with Crippen molar-refractivity contribution >= 4 is 34.8 Å². The maximum absolute atomic E-state index is 13.0. The molecule has 3 aromatic carbocycles. The third kappa shape index (κ3) is 5.27. The molecule has 2 aliphatic rings. The van der Waals surface area contributed by atoms with E-state index in [1.54, 1.807) is 24.3 Å². The molecule has 6 rings (SSSR count). The number of aromatic nitrogens is 1. The van der Waals surface area contributed by atoms with Crippen LogP contribution in [0.2, 0.25) is 0 Å². The highest BCUT2D eigenvalue weighted by Crippen LogP contribution is 2.34. The predicted molar refractivity (Wildman–Crippen MR) is 161 cm³/mol. The van der Waals surface area contributed by atoms with Crippen LogP contribution in [-0.4, -0.2) is 65.7 Å². The van der Waals surface area contributed by atoms with Gasteiger partial charge in [-0.15, -0.1) is 0 Å². The molecule has 2 aliphatic heterocycles. The first-order chi connectivity index (χ1) is 20.0. The van der Waals surface area contributed by atoms with Crippen molar-refractivity contribution in [3.8, 4) is 5.75 Å². The zero-order chi connectivity index (χ0) is 28.3. The number of nitrogens with zero attached hydrogens (tertiary/aromatic N) is 4. The number of anilines is 3. The average Bonchev–Trinajstić information content (AvgIpc) is 3.15. The molecule has 3 N–H and O–H groups in total. The molecule has 1 amide bonds. The number of fused-ring (bicyclic) bond motifs is 2. The van der Waals surface area contributed by atoms with Crippen LogP contribution in [0.15, 0.2) is 91.1 Å². The Morgan fingerprint density at radius 1 is 0.927 bits per heavy atom. The van der Waals surface area contributed by atoms with Crippen LogP contribution in [0.3, 0.4) is 0 Å². The summed E-state index contributed by atoms with van der Waals surface area (Å²) in [6, 6.07) is 26.5. The molecule has 41 heavy (non-hydrogen) atoms. The number of carbonyl (C=O) groups is 1. The second kappa shape index (κ2) is 11.2. The molecule has 1 fully saturated rings. The van der Waals surface area contributed by atoms with Crippen LogP contribution < -0.4 is 15.0 Å². The molecule has 4 aromatic rings. The molecule has 0 radical (unpaired) electrons. The smallest absolute Gasteiger partial charge is 0.254 e. The summed E-state index contributed by atoms with van der Waals surface area (Å²) in [5.41, 5.74) is 4.63. The van der Waals surface area contributed by atoms with Gasteiger partial charge >= 0.3 is 0 Å². The van der Waals surface area contributed by atoms with Crippen LogP contribution in [0.4, 0.5) is 17.2 Å². The summed E-state index contributed by atoms with van der Waals surface area (Å²) in [6.07, 6.45) is 1.70. The number of hydrogen-bond donors (Lipinski definition) is 3. The number of amidine groups is 2. The summed E-state index contributed by atoms with van der Waals surface area (Å²) in [6.45, 7) is 3.67. The molecule has 0 atom stereocenters. The summed E-state index contributed by atoms with van der Waals surface area (Å²) < 4.78 is 5.26. The van der Waals surface area contributed by atoms with Crippen molar-refractivity contribution in [2.45, 2.75) is 6.54 Å². The zero-order valence-electron chi connectivity index (χ0n) is 22.8. The normalized spacial score (nSPS) is 14.9. The maximum atomic E-state index is 13.0. The molecule has 0 aliphatic carbocycles. The van der Waals surface area contributed by atoms with E-state index in [2.05, 4.69) is 15.2 Å². The molecule has 1 aromatic heterocycles. The van der Waals surface area contributed by atoms with E-state index in [0.717, 1.165) is 30.9 Å². The summed E-state index contributed by atoms with van der Waals surface area (Å²) in [4.78, 5) is 23.3. The number of para-hydroxylation sites is 1. The second-order valence-electron chi connectivity index (χ2n) is 10.1. The first-order valence-electron chi connectivity index (χ1n) is 13.6. The molecule has 3 heterocycles. The minimum absolute atomic E-state index is 0.0279. The number of benzene rings is 3. The van der Waals surface area contributed by atoms with E-state index in [9.17, 15) is 4.79 Å². The first-order valence-corrected chi connectivity index (χ1v) is 13.6. The average molecular weight is 546 g/mol. The molecule has 0 unspecified atom stereocenters. The fourth-order valence-electron chi connectivity index (χ4n) is 5.28. The highest BCUT2D eigenvalue weighted by atomic mass is 16.5. The van der Waals surface area contributed by atoms with Gasteiger partial charge in [-0.2, -0.15) is 0 Å². The van der Waals surface area contributed by atoms with Gasteiger partial charge in [0.05, 0.1) is 18.5 Å². The van der Waals surface area contributed by atoms with Crippen molar-refractivity contribution in [2.75, 3.05) is 43.5 Å². The number of piperazine rings is 1. The number of ether oxygens (including phenoxy) is 1. The van der Waals surface area contributed by atoms with Gasteiger partial charge in [-0.3, -0.25) is 25.4 Å². The second-order valence-corrected chi connectivity index (χ2v) is 10.1. The Morgan fingerprint density at radius 3 is 2.49 bits per heavy atom. The third-order valence-corrected chi connectivity index (χ3v) is 7.52. The molecule has 0 bridgehead atoms. The number of amides is 1. The highest BCUT2D eigenvalue weighted by Gasteiger charge is 2.28. The minimum atomic E-state index is 0.0279. The molecule has 9 nitrogen and oxygen atoms in total. The van der Waals surface area contributed by atoms with Crippen LogP contribution in [-0.2, 0) is 6.54 Å². The monoisotopic (exact) mass is 545 g/mol.